The van der Waals surface area contributed by atoms with Crippen LogP contribution >= 0.6 is 0 Å². The molecule has 2 aliphatic rings. The molecule has 2 rings (SSSR count). The number of nitrogens with zero attached hydrogens (tertiary/aromatic N) is 1. The molecule has 0 aliphatic carbocycles. The topological polar surface area (TPSA) is 29.5 Å². The number of hydrogen-bond acceptors (Lipinski definition) is 2. The van der Waals surface area contributed by atoms with Crippen molar-refractivity contribution in [3.63, 3.8) is 0 Å². The van der Waals surface area contributed by atoms with Gasteiger partial charge in [-0.2, -0.15) is 0 Å². The van der Waals surface area contributed by atoms with Crippen molar-refractivity contribution in [1.29, 1.82) is 0 Å². The third-order valence-electron chi connectivity index (χ3n) is 3.44. The molecule has 0 aromatic rings. The lowest BCUT2D eigenvalue weighted by molar-refractivity contribution is -0.127. The zero-order valence-electron chi connectivity index (χ0n) is 10.9. The molecule has 3 heteroatoms. The maximum Gasteiger partial charge on any atom is 0.219 e. The Morgan fingerprint density at radius 2 is 1.94 bits per heavy atom. The molecule has 0 saturated carbocycles. The number of amides is 1. The van der Waals surface area contributed by atoms with E-state index in [9.17, 15) is 4.79 Å². The third-order valence-corrected chi connectivity index (χ3v) is 3.44. The van der Waals surface area contributed by atoms with E-state index in [2.05, 4.69) is 13.8 Å². The van der Waals surface area contributed by atoms with Gasteiger partial charge in [-0.1, -0.05) is 13.8 Å². The van der Waals surface area contributed by atoms with Crippen LogP contribution in [-0.4, -0.2) is 37.1 Å². The van der Waals surface area contributed by atoms with Gasteiger partial charge >= 0.3 is 0 Å². The summed E-state index contributed by atoms with van der Waals surface area (Å²) in [6, 6.07) is 0. The van der Waals surface area contributed by atoms with Crippen molar-refractivity contribution >= 4 is 5.91 Å². The van der Waals surface area contributed by atoms with Gasteiger partial charge in [-0.3, -0.25) is 4.79 Å². The Bertz CT molecular complexity index is 204. The average molecular weight is 227 g/mol. The van der Waals surface area contributed by atoms with E-state index in [-0.39, 0.29) is 5.91 Å². The lowest BCUT2D eigenvalue weighted by Gasteiger charge is -2.15. The molecule has 16 heavy (non-hydrogen) atoms. The van der Waals surface area contributed by atoms with E-state index < -0.39 is 0 Å². The molecule has 0 aromatic heterocycles. The SMILES string of the molecule is C1CCOC1.CC(=O)N1CCC(C(C)C)C1. The summed E-state index contributed by atoms with van der Waals surface area (Å²) in [7, 11) is 0. The molecule has 94 valence electrons. The van der Waals surface area contributed by atoms with Gasteiger partial charge in [0.2, 0.25) is 5.91 Å². The van der Waals surface area contributed by atoms with E-state index in [1.807, 2.05) is 4.90 Å². The first-order chi connectivity index (χ1) is 7.61. The summed E-state index contributed by atoms with van der Waals surface area (Å²) in [6.07, 6.45) is 3.75. The molecule has 0 aromatic carbocycles. The monoisotopic (exact) mass is 227 g/mol. The van der Waals surface area contributed by atoms with Crippen LogP contribution in [0, 0.1) is 11.8 Å². The highest BCUT2D eigenvalue weighted by atomic mass is 16.5. The molecule has 2 heterocycles. The zero-order valence-corrected chi connectivity index (χ0v) is 10.9. The molecule has 2 aliphatic heterocycles. The Morgan fingerprint density at radius 1 is 1.31 bits per heavy atom. The fourth-order valence-corrected chi connectivity index (χ4v) is 2.13. The van der Waals surface area contributed by atoms with Crippen molar-refractivity contribution < 1.29 is 9.53 Å². The standard InChI is InChI=1S/C9H17NO.C4H8O/c1-7(2)9-4-5-10(6-9)8(3)11;1-2-4-5-3-1/h7,9H,4-6H2,1-3H3;1-4H2. The second kappa shape index (κ2) is 6.89. The predicted octanol–water partition coefficient (Wildman–Crippen LogP) is 2.31. The van der Waals surface area contributed by atoms with Gasteiger partial charge < -0.3 is 9.64 Å². The van der Waals surface area contributed by atoms with Crippen molar-refractivity contribution in [3.05, 3.63) is 0 Å². The minimum absolute atomic E-state index is 0.230. The normalized spacial score (nSPS) is 24.5. The van der Waals surface area contributed by atoms with Crippen molar-refractivity contribution in [2.24, 2.45) is 11.8 Å². The lowest BCUT2D eigenvalue weighted by atomic mass is 9.95. The number of carbonyl (C=O) groups excluding carboxylic acids is 1. The molecule has 1 atom stereocenters. The first kappa shape index (κ1) is 13.5. The summed E-state index contributed by atoms with van der Waals surface area (Å²) in [6.45, 7) is 10.1. The predicted molar refractivity (Wildman–Crippen MR) is 65.3 cm³/mol. The fraction of sp³-hybridized carbons (Fsp3) is 0.923. The van der Waals surface area contributed by atoms with Crippen LogP contribution in [0.15, 0.2) is 0 Å². The summed E-state index contributed by atoms with van der Waals surface area (Å²) < 4.78 is 4.94. The Morgan fingerprint density at radius 3 is 2.19 bits per heavy atom. The summed E-state index contributed by atoms with van der Waals surface area (Å²) in [5.74, 6) is 1.69. The molecule has 1 amide bonds. The summed E-state index contributed by atoms with van der Waals surface area (Å²) in [5.41, 5.74) is 0. The third kappa shape index (κ3) is 4.52. The second-order valence-corrected chi connectivity index (χ2v) is 5.08. The van der Waals surface area contributed by atoms with E-state index in [1.54, 1.807) is 6.92 Å². The van der Waals surface area contributed by atoms with Gasteiger partial charge in [0.05, 0.1) is 0 Å². The van der Waals surface area contributed by atoms with E-state index in [1.165, 1.54) is 19.3 Å². The maximum atomic E-state index is 10.9. The Balaban J connectivity index is 0.000000212. The summed E-state index contributed by atoms with van der Waals surface area (Å²) in [5, 5.41) is 0. The number of ether oxygens (including phenoxy) is 1. The Hall–Kier alpha value is -0.570. The average Bonchev–Trinajstić information content (AvgIpc) is 2.93. The van der Waals surface area contributed by atoms with Crippen molar-refractivity contribution in [1.82, 2.24) is 4.90 Å². The first-order valence-electron chi connectivity index (χ1n) is 6.44. The molecule has 0 radical (unpaired) electrons. The molecule has 1 unspecified atom stereocenters. The van der Waals surface area contributed by atoms with Gasteiger partial charge in [-0.05, 0) is 31.1 Å². The quantitative estimate of drug-likeness (QED) is 0.688. The van der Waals surface area contributed by atoms with Crippen LogP contribution < -0.4 is 0 Å². The molecule has 0 bridgehead atoms. The van der Waals surface area contributed by atoms with Crippen LogP contribution in [-0.2, 0) is 9.53 Å². The Kier molecular flexibility index (Phi) is 5.81. The minimum Gasteiger partial charge on any atom is -0.381 e. The van der Waals surface area contributed by atoms with E-state index >= 15 is 0 Å². The maximum absolute atomic E-state index is 10.9. The van der Waals surface area contributed by atoms with Gasteiger partial charge in [-0.25, -0.2) is 0 Å². The molecule has 2 fully saturated rings. The molecule has 2 saturated heterocycles. The van der Waals surface area contributed by atoms with Crippen LogP contribution in [0.1, 0.15) is 40.0 Å². The van der Waals surface area contributed by atoms with Crippen molar-refractivity contribution in [3.8, 4) is 0 Å². The van der Waals surface area contributed by atoms with Crippen molar-refractivity contribution in [2.45, 2.75) is 40.0 Å². The number of hydrogen-bond donors (Lipinski definition) is 0. The zero-order chi connectivity index (χ0) is 12.0. The summed E-state index contributed by atoms with van der Waals surface area (Å²) in [4.78, 5) is 12.9. The van der Waals surface area contributed by atoms with E-state index in [0.29, 0.717) is 0 Å². The van der Waals surface area contributed by atoms with Gasteiger partial charge in [0.25, 0.3) is 0 Å². The highest BCUT2D eigenvalue weighted by Gasteiger charge is 2.25. The molecule has 3 nitrogen and oxygen atoms in total. The van der Waals surface area contributed by atoms with Crippen LogP contribution in [0.5, 0.6) is 0 Å². The van der Waals surface area contributed by atoms with Gasteiger partial charge in [-0.15, -0.1) is 0 Å². The van der Waals surface area contributed by atoms with Gasteiger partial charge in [0.15, 0.2) is 0 Å². The first-order valence-corrected chi connectivity index (χ1v) is 6.44. The smallest absolute Gasteiger partial charge is 0.219 e. The molecular formula is C13H25NO2. The van der Waals surface area contributed by atoms with Crippen LogP contribution in [0.25, 0.3) is 0 Å². The number of carbonyl (C=O) groups is 1. The molecule has 0 N–H and O–H groups in total. The number of likely N-dealkylation sites (tertiary alicyclic amines) is 1. The lowest BCUT2D eigenvalue weighted by Crippen LogP contribution is -2.26. The molecule has 0 spiro atoms. The minimum atomic E-state index is 0.230. The largest absolute Gasteiger partial charge is 0.381 e. The van der Waals surface area contributed by atoms with Crippen molar-refractivity contribution in [2.75, 3.05) is 26.3 Å². The molecular weight excluding hydrogens is 202 g/mol. The second-order valence-electron chi connectivity index (χ2n) is 5.08. The van der Waals surface area contributed by atoms with Crippen LogP contribution in [0.2, 0.25) is 0 Å². The highest BCUT2D eigenvalue weighted by molar-refractivity contribution is 5.73. The Labute approximate surface area is 99.1 Å². The van der Waals surface area contributed by atoms with E-state index in [4.69, 9.17) is 4.74 Å². The fourth-order valence-electron chi connectivity index (χ4n) is 2.13. The van der Waals surface area contributed by atoms with Gasteiger partial charge in [0, 0.05) is 33.2 Å². The van der Waals surface area contributed by atoms with Crippen LogP contribution in [0.4, 0.5) is 0 Å². The summed E-state index contributed by atoms with van der Waals surface area (Å²) >= 11 is 0. The highest BCUT2D eigenvalue weighted by Crippen LogP contribution is 2.23. The number of rotatable bonds is 1. The van der Waals surface area contributed by atoms with E-state index in [0.717, 1.165) is 38.1 Å². The van der Waals surface area contributed by atoms with Crippen LogP contribution in [0.3, 0.4) is 0 Å². The van der Waals surface area contributed by atoms with Gasteiger partial charge in [0.1, 0.15) is 0 Å².